The lowest BCUT2D eigenvalue weighted by atomic mass is 10.1. The van der Waals surface area contributed by atoms with Crippen LogP contribution in [-0.4, -0.2) is 54.9 Å². The van der Waals surface area contributed by atoms with Gasteiger partial charge in [-0.15, -0.1) is 0 Å². The number of nitrogens with zero attached hydrogens (tertiary/aromatic N) is 2. The van der Waals surface area contributed by atoms with Crippen LogP contribution in [0.3, 0.4) is 0 Å². The molecule has 1 atom stereocenters. The van der Waals surface area contributed by atoms with Crippen molar-refractivity contribution < 1.29 is 19.1 Å². The lowest BCUT2D eigenvalue weighted by molar-refractivity contribution is -0.142. The molecule has 4 rings (SSSR count). The van der Waals surface area contributed by atoms with Gasteiger partial charge in [0.05, 0.1) is 34.0 Å². The number of para-hydroxylation sites is 1. The summed E-state index contributed by atoms with van der Waals surface area (Å²) in [6, 6.07) is 17.9. The quantitative estimate of drug-likeness (QED) is 0.182. The van der Waals surface area contributed by atoms with E-state index in [1.807, 2.05) is 4.90 Å². The number of likely N-dealkylation sites (tertiary alicyclic amines) is 1. The van der Waals surface area contributed by atoms with Crippen molar-refractivity contribution in [2.24, 2.45) is 10.7 Å². The van der Waals surface area contributed by atoms with Crippen LogP contribution in [0.25, 0.3) is 0 Å². The maximum absolute atomic E-state index is 13.1. The average molecular weight is 597 g/mol. The number of carbonyl (C=O) groups is 3. The lowest BCUT2D eigenvalue weighted by Gasteiger charge is -2.27. The molecule has 0 bridgehead atoms. The molecule has 1 aliphatic heterocycles. The molecule has 0 unspecified atom stereocenters. The average Bonchev–Trinajstić information content (AvgIpc) is 2.97. The number of nitrogens with two attached hydrogens (primary N) is 1. The highest BCUT2D eigenvalue weighted by molar-refractivity contribution is 6.40. The Morgan fingerprint density at radius 1 is 0.927 bits per heavy atom. The first-order valence-corrected chi connectivity index (χ1v) is 13.9. The van der Waals surface area contributed by atoms with E-state index in [0.717, 1.165) is 37.9 Å². The number of aliphatic imine (C=N–C) groups is 1. The normalized spacial score (nSPS) is 14.2. The van der Waals surface area contributed by atoms with E-state index in [2.05, 4.69) is 15.6 Å². The monoisotopic (exact) mass is 595 g/mol. The molecule has 3 aromatic carbocycles. The largest absolute Gasteiger partial charge is 0.467 e. The van der Waals surface area contributed by atoms with Gasteiger partial charge in [0, 0.05) is 25.2 Å². The summed E-state index contributed by atoms with van der Waals surface area (Å²) in [5, 5.41) is 6.24. The Kier molecular flexibility index (Phi) is 10.2. The third kappa shape index (κ3) is 7.77. The number of ether oxygens (including phenoxy) is 1. The van der Waals surface area contributed by atoms with Crippen LogP contribution in [0.4, 0.5) is 11.4 Å². The second-order valence-corrected chi connectivity index (χ2v) is 10.3. The fraction of sp³-hybridized carbons (Fsp3) is 0.267. The zero-order valence-corrected chi connectivity index (χ0v) is 24.0. The summed E-state index contributed by atoms with van der Waals surface area (Å²) in [5.74, 6) is -1.12. The van der Waals surface area contributed by atoms with Gasteiger partial charge in [0.25, 0.3) is 11.8 Å². The highest BCUT2D eigenvalue weighted by atomic mass is 35.5. The van der Waals surface area contributed by atoms with Crippen molar-refractivity contribution in [1.29, 1.82) is 0 Å². The van der Waals surface area contributed by atoms with Crippen molar-refractivity contribution >= 4 is 58.3 Å². The Balaban J connectivity index is 1.45. The van der Waals surface area contributed by atoms with Gasteiger partial charge in [-0.2, -0.15) is 0 Å². The Bertz CT molecular complexity index is 1420. The van der Waals surface area contributed by atoms with Crippen LogP contribution in [0.2, 0.25) is 10.0 Å². The molecule has 2 amide bonds. The summed E-state index contributed by atoms with van der Waals surface area (Å²) in [6.07, 6.45) is 3.27. The SMILES string of the molecule is COC(=O)[C@H](Cc1ccc(NC(=O)c2c(Cl)cccc2Cl)cc1)N=C(N)Nc1ccccc1C(=O)N1CCCCC1. The second-order valence-electron chi connectivity index (χ2n) is 9.53. The van der Waals surface area contributed by atoms with Crippen molar-refractivity contribution in [2.75, 3.05) is 30.8 Å². The van der Waals surface area contributed by atoms with Crippen LogP contribution in [0.1, 0.15) is 45.5 Å². The highest BCUT2D eigenvalue weighted by Crippen LogP contribution is 2.26. The lowest BCUT2D eigenvalue weighted by Crippen LogP contribution is -2.36. The molecular weight excluding hydrogens is 565 g/mol. The molecule has 9 nitrogen and oxygen atoms in total. The molecule has 1 heterocycles. The topological polar surface area (TPSA) is 126 Å². The predicted octanol–water partition coefficient (Wildman–Crippen LogP) is 5.38. The zero-order valence-electron chi connectivity index (χ0n) is 22.5. The Labute approximate surface area is 248 Å². The number of esters is 1. The van der Waals surface area contributed by atoms with E-state index in [1.165, 1.54) is 7.11 Å². The molecule has 11 heteroatoms. The molecule has 1 fully saturated rings. The van der Waals surface area contributed by atoms with E-state index >= 15 is 0 Å². The standard InChI is InChI=1S/C30H31Cl2N5O4/c1-41-29(40)25(18-19-12-14-20(15-13-19)34-27(38)26-22(31)9-7-10-23(26)32)36-30(33)35-24-11-4-3-8-21(24)28(39)37-16-5-2-6-17-37/h3-4,7-15,25H,2,5-6,16-18H2,1H3,(H,34,38)(H3,33,35,36)/t25-/m0/s1. The van der Waals surface area contributed by atoms with E-state index in [4.69, 9.17) is 33.7 Å². The summed E-state index contributed by atoms with van der Waals surface area (Å²) < 4.78 is 4.95. The van der Waals surface area contributed by atoms with Gasteiger partial charge in [-0.3, -0.25) is 9.59 Å². The molecular formula is C30H31Cl2N5O4. The number of methoxy groups -OCH3 is 1. The summed E-state index contributed by atoms with van der Waals surface area (Å²) in [4.78, 5) is 44.6. The number of hydrogen-bond acceptors (Lipinski definition) is 5. The van der Waals surface area contributed by atoms with Crippen molar-refractivity contribution in [3.63, 3.8) is 0 Å². The zero-order chi connectivity index (χ0) is 29.4. The smallest absolute Gasteiger partial charge is 0.331 e. The van der Waals surface area contributed by atoms with Gasteiger partial charge in [0.1, 0.15) is 0 Å². The number of nitrogens with one attached hydrogen (secondary N) is 2. The maximum atomic E-state index is 13.1. The number of guanidine groups is 1. The van der Waals surface area contributed by atoms with Crippen molar-refractivity contribution in [3.05, 3.63) is 93.5 Å². The van der Waals surface area contributed by atoms with Crippen LogP contribution >= 0.6 is 23.2 Å². The van der Waals surface area contributed by atoms with Gasteiger partial charge >= 0.3 is 5.97 Å². The van der Waals surface area contributed by atoms with Crippen LogP contribution < -0.4 is 16.4 Å². The minimum atomic E-state index is -0.945. The van der Waals surface area contributed by atoms with Gasteiger partial charge in [-0.05, 0) is 61.2 Å². The van der Waals surface area contributed by atoms with E-state index in [1.54, 1.807) is 66.7 Å². The molecule has 0 radical (unpaired) electrons. The molecule has 0 aliphatic carbocycles. The number of hydrogen-bond donors (Lipinski definition) is 3. The van der Waals surface area contributed by atoms with E-state index in [0.29, 0.717) is 16.9 Å². The van der Waals surface area contributed by atoms with E-state index in [-0.39, 0.29) is 33.9 Å². The summed E-state index contributed by atoms with van der Waals surface area (Å²) in [7, 11) is 1.28. The van der Waals surface area contributed by atoms with E-state index in [9.17, 15) is 14.4 Å². The maximum Gasteiger partial charge on any atom is 0.331 e. The van der Waals surface area contributed by atoms with Crippen LogP contribution in [0.5, 0.6) is 0 Å². The molecule has 41 heavy (non-hydrogen) atoms. The summed E-state index contributed by atoms with van der Waals surface area (Å²) >= 11 is 12.3. The van der Waals surface area contributed by atoms with E-state index < -0.39 is 17.9 Å². The fourth-order valence-electron chi connectivity index (χ4n) is 4.56. The van der Waals surface area contributed by atoms with Gasteiger partial charge in [-0.25, -0.2) is 9.79 Å². The van der Waals surface area contributed by atoms with Crippen LogP contribution in [0, 0.1) is 0 Å². The van der Waals surface area contributed by atoms with Crippen molar-refractivity contribution in [3.8, 4) is 0 Å². The number of benzene rings is 3. The minimum absolute atomic E-state index is 0.0280. The van der Waals surface area contributed by atoms with Gasteiger partial charge in [0.15, 0.2) is 12.0 Å². The molecule has 0 saturated carbocycles. The molecule has 4 N–H and O–H groups in total. The third-order valence-corrected chi connectivity index (χ3v) is 7.29. The minimum Gasteiger partial charge on any atom is -0.467 e. The van der Waals surface area contributed by atoms with Gasteiger partial charge in [0.2, 0.25) is 0 Å². The molecule has 1 saturated heterocycles. The van der Waals surface area contributed by atoms with Gasteiger partial charge in [-0.1, -0.05) is 53.5 Å². The van der Waals surface area contributed by atoms with Gasteiger partial charge < -0.3 is 26.0 Å². The third-order valence-electron chi connectivity index (χ3n) is 6.66. The fourth-order valence-corrected chi connectivity index (χ4v) is 5.13. The number of piperidine rings is 1. The summed E-state index contributed by atoms with van der Waals surface area (Å²) in [5.41, 5.74) is 8.64. The first kappa shape index (κ1) is 29.9. The number of amides is 2. The molecule has 3 aromatic rings. The predicted molar refractivity (Wildman–Crippen MR) is 162 cm³/mol. The van der Waals surface area contributed by atoms with Crippen LogP contribution in [0.15, 0.2) is 71.7 Å². The molecule has 0 aromatic heterocycles. The van der Waals surface area contributed by atoms with Crippen molar-refractivity contribution in [2.45, 2.75) is 31.7 Å². The number of carbonyl (C=O) groups excluding carboxylic acids is 3. The summed E-state index contributed by atoms with van der Waals surface area (Å²) in [6.45, 7) is 1.44. The first-order valence-electron chi connectivity index (χ1n) is 13.2. The number of rotatable bonds is 8. The Morgan fingerprint density at radius 2 is 1.59 bits per heavy atom. The number of halogens is 2. The van der Waals surface area contributed by atoms with Crippen molar-refractivity contribution in [1.82, 2.24) is 4.90 Å². The molecule has 1 aliphatic rings. The Morgan fingerprint density at radius 3 is 2.24 bits per heavy atom. The highest BCUT2D eigenvalue weighted by Gasteiger charge is 2.23. The molecule has 0 spiro atoms. The Hall–Kier alpha value is -4.08. The number of anilines is 2. The first-order chi connectivity index (χ1) is 19.8. The molecule has 214 valence electrons. The van der Waals surface area contributed by atoms with Crippen LogP contribution in [-0.2, 0) is 16.0 Å². The second kappa shape index (κ2) is 14.0.